The van der Waals surface area contributed by atoms with Crippen LogP contribution in [0.25, 0.3) is 11.4 Å². The van der Waals surface area contributed by atoms with Gasteiger partial charge in [0.25, 0.3) is 10.0 Å². The third-order valence-electron chi connectivity index (χ3n) is 4.57. The fourth-order valence-electron chi connectivity index (χ4n) is 3.08. The first-order valence-electron chi connectivity index (χ1n) is 10.2. The molecule has 4 rings (SSSR count). The zero-order valence-electron chi connectivity index (χ0n) is 18.7. The average molecular weight is 512 g/mol. The summed E-state index contributed by atoms with van der Waals surface area (Å²) < 4.78 is 29.0. The number of pyridine rings is 1. The number of hydrogen-bond acceptors (Lipinski definition) is 10. The van der Waals surface area contributed by atoms with Crippen LogP contribution in [0, 0.1) is 13.8 Å². The van der Waals surface area contributed by atoms with Gasteiger partial charge in [-0.2, -0.15) is 0 Å². The maximum Gasteiger partial charge on any atom is 0.263 e. The topological polar surface area (TPSA) is 171 Å². The van der Waals surface area contributed by atoms with Crippen LogP contribution in [0.4, 0.5) is 11.5 Å². The number of thioether (sulfide) groups is 1. The molecule has 14 heteroatoms. The normalized spacial score (nSPS) is 11.3. The van der Waals surface area contributed by atoms with Crippen molar-refractivity contribution >= 4 is 39.2 Å². The molecule has 3 aromatic heterocycles. The summed E-state index contributed by atoms with van der Waals surface area (Å²) >= 11 is 1.11. The Bertz CT molecular complexity index is 1440. The Kier molecular flexibility index (Phi) is 6.93. The molecule has 180 valence electrons. The van der Waals surface area contributed by atoms with Crippen LogP contribution in [0.15, 0.2) is 64.9 Å². The molecular formula is C21H21N9O3S2. The second-order valence-corrected chi connectivity index (χ2v) is 9.95. The van der Waals surface area contributed by atoms with Gasteiger partial charge in [0.2, 0.25) is 11.1 Å². The van der Waals surface area contributed by atoms with E-state index in [1.807, 2.05) is 0 Å². The van der Waals surface area contributed by atoms with Gasteiger partial charge < -0.3 is 11.2 Å². The number of carbonyl (C=O) groups excluding carboxylic acids is 1. The highest BCUT2D eigenvalue weighted by Gasteiger charge is 2.17. The van der Waals surface area contributed by atoms with Gasteiger partial charge in [-0.1, -0.05) is 11.8 Å². The fraction of sp³-hybridized carbons (Fsp3) is 0.143. The summed E-state index contributed by atoms with van der Waals surface area (Å²) in [5.41, 5.74) is 1.79. The number of benzene rings is 1. The van der Waals surface area contributed by atoms with Crippen LogP contribution >= 0.6 is 11.8 Å². The number of sulfonamides is 1. The maximum absolute atomic E-state index is 12.7. The van der Waals surface area contributed by atoms with Crippen LogP contribution in [0.1, 0.15) is 11.5 Å². The van der Waals surface area contributed by atoms with Crippen molar-refractivity contribution in [1.29, 1.82) is 0 Å². The predicted molar refractivity (Wildman–Crippen MR) is 132 cm³/mol. The first-order valence-corrected chi connectivity index (χ1v) is 12.7. The van der Waals surface area contributed by atoms with Crippen molar-refractivity contribution in [2.24, 2.45) is 0 Å². The minimum atomic E-state index is -3.86. The van der Waals surface area contributed by atoms with Crippen molar-refractivity contribution in [2.45, 2.75) is 23.9 Å². The van der Waals surface area contributed by atoms with Crippen LogP contribution in [0.3, 0.4) is 0 Å². The second kappa shape index (κ2) is 10.1. The Morgan fingerprint density at radius 3 is 2.57 bits per heavy atom. The molecule has 0 saturated heterocycles. The molecule has 4 aromatic rings. The summed E-state index contributed by atoms with van der Waals surface area (Å²) in [5, 5.41) is 11.1. The summed E-state index contributed by atoms with van der Waals surface area (Å²) in [6.07, 6.45) is 3.25. The first kappa shape index (κ1) is 24.1. The van der Waals surface area contributed by atoms with E-state index in [0.717, 1.165) is 11.8 Å². The van der Waals surface area contributed by atoms with Crippen molar-refractivity contribution < 1.29 is 13.2 Å². The Morgan fingerprint density at radius 1 is 1.11 bits per heavy atom. The number of carbonyl (C=O) groups is 1. The van der Waals surface area contributed by atoms with Crippen molar-refractivity contribution in [1.82, 2.24) is 29.8 Å². The molecule has 0 atom stereocenters. The Morgan fingerprint density at radius 2 is 1.89 bits per heavy atom. The van der Waals surface area contributed by atoms with Crippen molar-refractivity contribution in [2.75, 3.05) is 21.6 Å². The van der Waals surface area contributed by atoms with E-state index in [0.29, 0.717) is 33.8 Å². The van der Waals surface area contributed by atoms with Crippen LogP contribution in [0.5, 0.6) is 0 Å². The van der Waals surface area contributed by atoms with Crippen LogP contribution in [0.2, 0.25) is 0 Å². The number of amides is 1. The molecule has 35 heavy (non-hydrogen) atoms. The largest absolute Gasteiger partial charge is 0.335 e. The molecule has 0 spiro atoms. The van der Waals surface area contributed by atoms with Gasteiger partial charge in [-0.15, -0.1) is 10.2 Å². The Labute approximate surface area is 205 Å². The van der Waals surface area contributed by atoms with E-state index in [4.69, 9.17) is 5.84 Å². The summed E-state index contributed by atoms with van der Waals surface area (Å²) in [6.45, 7) is 3.43. The quantitative estimate of drug-likeness (QED) is 0.235. The molecule has 0 aliphatic carbocycles. The van der Waals surface area contributed by atoms with E-state index in [1.54, 1.807) is 44.4 Å². The summed E-state index contributed by atoms with van der Waals surface area (Å²) in [7, 11) is -3.86. The number of aromatic nitrogens is 6. The van der Waals surface area contributed by atoms with E-state index < -0.39 is 10.0 Å². The maximum atomic E-state index is 12.7. The monoisotopic (exact) mass is 511 g/mol. The average Bonchev–Trinajstić information content (AvgIpc) is 3.18. The van der Waals surface area contributed by atoms with Gasteiger partial charge >= 0.3 is 0 Å². The summed E-state index contributed by atoms with van der Waals surface area (Å²) in [4.78, 5) is 24.6. The van der Waals surface area contributed by atoms with Gasteiger partial charge in [-0.05, 0) is 50.2 Å². The zero-order valence-corrected chi connectivity index (χ0v) is 20.3. The summed E-state index contributed by atoms with van der Waals surface area (Å²) in [5.74, 6) is 6.82. The minimum absolute atomic E-state index is 0.0242. The van der Waals surface area contributed by atoms with Gasteiger partial charge in [0.15, 0.2) is 5.82 Å². The molecule has 0 fully saturated rings. The zero-order chi connectivity index (χ0) is 25.0. The van der Waals surface area contributed by atoms with Crippen LogP contribution in [-0.4, -0.2) is 49.9 Å². The highest BCUT2D eigenvalue weighted by Crippen LogP contribution is 2.22. The number of rotatable bonds is 8. The predicted octanol–water partition coefficient (Wildman–Crippen LogP) is 1.99. The number of anilines is 2. The minimum Gasteiger partial charge on any atom is -0.335 e. The number of nitrogen functional groups attached to an aromatic ring is 1. The molecule has 4 N–H and O–H groups in total. The van der Waals surface area contributed by atoms with Crippen LogP contribution in [-0.2, 0) is 14.8 Å². The molecule has 1 amide bonds. The molecule has 0 aliphatic heterocycles. The molecule has 0 unspecified atom stereocenters. The number of hydrogen-bond donors (Lipinski definition) is 3. The van der Waals surface area contributed by atoms with E-state index in [1.165, 1.54) is 28.9 Å². The molecule has 12 nitrogen and oxygen atoms in total. The lowest BCUT2D eigenvalue weighted by Gasteiger charge is -2.10. The van der Waals surface area contributed by atoms with Gasteiger partial charge in [0, 0.05) is 35.4 Å². The van der Waals surface area contributed by atoms with Crippen molar-refractivity contribution in [3.05, 3.63) is 66.4 Å². The molecule has 1 aromatic carbocycles. The lowest BCUT2D eigenvalue weighted by Crippen LogP contribution is -2.17. The Hall–Kier alpha value is -4.04. The number of nitrogens with zero attached hydrogens (tertiary/aromatic N) is 6. The van der Waals surface area contributed by atoms with Gasteiger partial charge in [-0.3, -0.25) is 14.5 Å². The third kappa shape index (κ3) is 5.91. The molecule has 0 saturated carbocycles. The van der Waals surface area contributed by atoms with Crippen molar-refractivity contribution in [3.8, 4) is 11.4 Å². The second-order valence-electron chi connectivity index (χ2n) is 7.33. The highest BCUT2D eigenvalue weighted by molar-refractivity contribution is 7.99. The highest BCUT2D eigenvalue weighted by atomic mass is 32.2. The van der Waals surface area contributed by atoms with E-state index in [2.05, 4.69) is 35.2 Å². The van der Waals surface area contributed by atoms with Crippen LogP contribution < -0.4 is 15.9 Å². The molecule has 0 bridgehead atoms. The Balaban J connectivity index is 1.35. The first-order chi connectivity index (χ1) is 16.7. The summed E-state index contributed by atoms with van der Waals surface area (Å²) in [6, 6.07) is 10.9. The van der Waals surface area contributed by atoms with E-state index in [-0.39, 0.29) is 22.4 Å². The fourth-order valence-corrected chi connectivity index (χ4v) is 4.73. The van der Waals surface area contributed by atoms with E-state index in [9.17, 15) is 13.2 Å². The lowest BCUT2D eigenvalue weighted by atomic mass is 10.3. The third-order valence-corrected chi connectivity index (χ3v) is 6.88. The van der Waals surface area contributed by atoms with E-state index >= 15 is 0 Å². The number of nitrogens with two attached hydrogens (primary N) is 1. The van der Waals surface area contributed by atoms with Gasteiger partial charge in [0.1, 0.15) is 11.6 Å². The number of aryl methyl sites for hydroxylation is 2. The molecule has 0 aliphatic rings. The van der Waals surface area contributed by atoms with Crippen molar-refractivity contribution in [3.63, 3.8) is 0 Å². The smallest absolute Gasteiger partial charge is 0.263 e. The molecular weight excluding hydrogens is 490 g/mol. The lowest BCUT2D eigenvalue weighted by molar-refractivity contribution is -0.113. The van der Waals surface area contributed by atoms with Gasteiger partial charge in [-0.25, -0.2) is 23.1 Å². The molecule has 3 heterocycles. The standard InChI is InChI=1S/C21H21N9O3S2/c1-13-10-18(25-14(2)24-13)29-35(32,33)17-7-5-16(6-8-17)26-19(31)12-34-21-28-27-20(30(21)22)15-4-3-9-23-11-15/h3-11H,12,22H2,1-2H3,(H,26,31)(H,24,25,29). The SMILES string of the molecule is Cc1cc(NS(=O)(=O)c2ccc(NC(=O)CSc3nnc(-c4cccnc4)n3N)cc2)nc(C)n1. The van der Waals surface area contributed by atoms with Gasteiger partial charge in [0.05, 0.1) is 10.6 Å². The number of nitrogens with one attached hydrogen (secondary N) is 2. The molecule has 0 radical (unpaired) electrons.